The molecular formula is C12H10FN3S. The Balaban J connectivity index is 2.31. The van der Waals surface area contributed by atoms with Gasteiger partial charge in [-0.1, -0.05) is 0 Å². The highest BCUT2D eigenvalue weighted by Gasteiger charge is 2.13. The van der Waals surface area contributed by atoms with E-state index < -0.39 is 0 Å². The topological polar surface area (TPSA) is 43.8 Å². The Morgan fingerprint density at radius 2 is 2.18 bits per heavy atom. The van der Waals surface area contributed by atoms with Gasteiger partial charge in [0.05, 0.1) is 21.6 Å². The molecule has 2 aromatic heterocycles. The van der Waals surface area contributed by atoms with Crippen molar-refractivity contribution in [2.45, 2.75) is 0 Å². The largest absolute Gasteiger partial charge is 0.397 e. The molecule has 0 saturated heterocycles. The van der Waals surface area contributed by atoms with Crippen LogP contribution in [-0.4, -0.2) is 9.55 Å². The maximum absolute atomic E-state index is 13.1. The van der Waals surface area contributed by atoms with E-state index in [0.29, 0.717) is 11.2 Å². The highest BCUT2D eigenvalue weighted by Crippen LogP contribution is 2.32. The fourth-order valence-electron chi connectivity index (χ4n) is 1.88. The Bertz CT molecular complexity index is 699. The first-order valence-corrected chi connectivity index (χ1v) is 6.00. The van der Waals surface area contributed by atoms with Crippen LogP contribution in [0.1, 0.15) is 0 Å². The van der Waals surface area contributed by atoms with Crippen LogP contribution in [0, 0.1) is 5.82 Å². The molecule has 0 spiro atoms. The van der Waals surface area contributed by atoms with Gasteiger partial charge in [0.2, 0.25) is 0 Å². The summed E-state index contributed by atoms with van der Waals surface area (Å²) in [5.41, 5.74) is 8.12. The lowest BCUT2D eigenvalue weighted by Gasteiger charge is -2.00. The molecule has 5 heteroatoms. The summed E-state index contributed by atoms with van der Waals surface area (Å²) in [5.74, 6) is 0.499. The van der Waals surface area contributed by atoms with E-state index in [4.69, 9.17) is 5.73 Å². The fraction of sp³-hybridized carbons (Fsp3) is 0.0833. The van der Waals surface area contributed by atoms with Crippen molar-refractivity contribution < 1.29 is 4.39 Å². The van der Waals surface area contributed by atoms with Crippen LogP contribution in [0.25, 0.3) is 21.7 Å². The second-order valence-electron chi connectivity index (χ2n) is 3.83. The highest BCUT2D eigenvalue weighted by atomic mass is 32.1. The summed E-state index contributed by atoms with van der Waals surface area (Å²) in [6.45, 7) is 0. The van der Waals surface area contributed by atoms with E-state index in [2.05, 4.69) is 4.98 Å². The zero-order chi connectivity index (χ0) is 12.0. The number of nitrogen functional groups attached to an aromatic ring is 1. The molecule has 0 amide bonds. The number of fused-ring (bicyclic) bond motifs is 1. The average molecular weight is 247 g/mol. The van der Waals surface area contributed by atoms with Crippen LogP contribution < -0.4 is 5.73 Å². The van der Waals surface area contributed by atoms with Gasteiger partial charge in [-0.3, -0.25) is 0 Å². The molecule has 3 nitrogen and oxygen atoms in total. The molecule has 0 bridgehead atoms. The quantitative estimate of drug-likeness (QED) is 0.718. The van der Waals surface area contributed by atoms with Gasteiger partial charge in [0, 0.05) is 13.1 Å². The van der Waals surface area contributed by atoms with E-state index in [1.807, 2.05) is 23.1 Å². The van der Waals surface area contributed by atoms with Crippen LogP contribution in [0.3, 0.4) is 0 Å². The number of anilines is 1. The standard InChI is InChI=1S/C12H10FN3S/c1-16-10-3-2-7(13)6-9(10)15-12(16)11-8(14)4-5-17-11/h2-6H,14H2,1H3. The van der Waals surface area contributed by atoms with Crippen LogP contribution in [-0.2, 0) is 7.05 Å². The maximum atomic E-state index is 13.1. The second kappa shape index (κ2) is 3.56. The summed E-state index contributed by atoms with van der Waals surface area (Å²) in [6, 6.07) is 6.44. The molecule has 3 aromatic rings. The first kappa shape index (κ1) is 10.3. The Morgan fingerprint density at radius 1 is 1.35 bits per heavy atom. The molecular weight excluding hydrogens is 237 g/mol. The van der Waals surface area contributed by atoms with Crippen LogP contribution in [0.2, 0.25) is 0 Å². The summed E-state index contributed by atoms with van der Waals surface area (Å²) in [7, 11) is 1.90. The van der Waals surface area contributed by atoms with E-state index in [1.54, 1.807) is 6.07 Å². The minimum Gasteiger partial charge on any atom is -0.397 e. The van der Waals surface area contributed by atoms with Crippen molar-refractivity contribution in [1.82, 2.24) is 9.55 Å². The number of nitrogens with two attached hydrogens (primary N) is 1. The van der Waals surface area contributed by atoms with E-state index in [-0.39, 0.29) is 5.82 Å². The minimum absolute atomic E-state index is 0.277. The van der Waals surface area contributed by atoms with E-state index in [1.165, 1.54) is 23.5 Å². The van der Waals surface area contributed by atoms with Crippen LogP contribution in [0.5, 0.6) is 0 Å². The molecule has 0 atom stereocenters. The summed E-state index contributed by atoms with van der Waals surface area (Å²) >= 11 is 1.53. The zero-order valence-corrected chi connectivity index (χ0v) is 9.96. The van der Waals surface area contributed by atoms with Gasteiger partial charge in [-0.05, 0) is 23.6 Å². The summed E-state index contributed by atoms with van der Waals surface area (Å²) < 4.78 is 15.1. The number of benzene rings is 1. The summed E-state index contributed by atoms with van der Waals surface area (Å²) in [5, 5.41) is 1.92. The molecule has 0 unspecified atom stereocenters. The molecule has 0 fully saturated rings. The van der Waals surface area contributed by atoms with Gasteiger partial charge in [0.25, 0.3) is 0 Å². The van der Waals surface area contributed by atoms with Gasteiger partial charge in [-0.25, -0.2) is 9.37 Å². The minimum atomic E-state index is -0.277. The smallest absolute Gasteiger partial charge is 0.153 e. The third-order valence-corrected chi connectivity index (χ3v) is 3.67. The summed E-state index contributed by atoms with van der Waals surface area (Å²) in [4.78, 5) is 5.35. The number of aryl methyl sites for hydroxylation is 1. The molecule has 0 aliphatic heterocycles. The lowest BCUT2D eigenvalue weighted by Crippen LogP contribution is -1.93. The summed E-state index contributed by atoms with van der Waals surface area (Å²) in [6.07, 6.45) is 0. The fourth-order valence-corrected chi connectivity index (χ4v) is 2.72. The van der Waals surface area contributed by atoms with Crippen LogP contribution in [0.4, 0.5) is 10.1 Å². The monoisotopic (exact) mass is 247 g/mol. The van der Waals surface area contributed by atoms with Crippen LogP contribution >= 0.6 is 11.3 Å². The van der Waals surface area contributed by atoms with Crippen molar-refractivity contribution >= 4 is 28.1 Å². The number of imidazole rings is 1. The van der Waals surface area contributed by atoms with E-state index in [0.717, 1.165) is 16.2 Å². The van der Waals surface area contributed by atoms with Crippen molar-refractivity contribution in [3.8, 4) is 10.7 Å². The molecule has 1 aromatic carbocycles. The Labute approximate surface area is 101 Å². The molecule has 0 saturated carbocycles. The molecule has 2 N–H and O–H groups in total. The van der Waals surface area contributed by atoms with Gasteiger partial charge >= 0.3 is 0 Å². The maximum Gasteiger partial charge on any atom is 0.153 e. The number of aromatic nitrogens is 2. The Hall–Kier alpha value is -1.88. The number of nitrogens with zero attached hydrogens (tertiary/aromatic N) is 2. The molecule has 17 heavy (non-hydrogen) atoms. The normalized spacial score (nSPS) is 11.2. The van der Waals surface area contributed by atoms with Gasteiger partial charge in [-0.15, -0.1) is 11.3 Å². The molecule has 0 aliphatic carbocycles. The number of hydrogen-bond acceptors (Lipinski definition) is 3. The lowest BCUT2D eigenvalue weighted by molar-refractivity contribution is 0.629. The molecule has 0 aliphatic rings. The van der Waals surface area contributed by atoms with E-state index in [9.17, 15) is 4.39 Å². The Morgan fingerprint density at radius 3 is 2.88 bits per heavy atom. The van der Waals surface area contributed by atoms with Crippen molar-refractivity contribution in [1.29, 1.82) is 0 Å². The van der Waals surface area contributed by atoms with Crippen molar-refractivity contribution in [3.05, 3.63) is 35.5 Å². The second-order valence-corrected chi connectivity index (χ2v) is 4.75. The molecule has 0 radical (unpaired) electrons. The molecule has 2 heterocycles. The first-order valence-electron chi connectivity index (χ1n) is 5.12. The van der Waals surface area contributed by atoms with Crippen LogP contribution in [0.15, 0.2) is 29.6 Å². The number of hydrogen-bond donors (Lipinski definition) is 1. The van der Waals surface area contributed by atoms with Crippen molar-refractivity contribution in [2.24, 2.45) is 7.05 Å². The third-order valence-electron chi connectivity index (χ3n) is 2.74. The molecule has 3 rings (SSSR count). The molecule has 86 valence electrons. The van der Waals surface area contributed by atoms with Gasteiger partial charge in [0.15, 0.2) is 5.82 Å². The predicted octanol–water partition coefficient (Wildman–Crippen LogP) is 3.02. The average Bonchev–Trinajstić information content (AvgIpc) is 2.83. The predicted molar refractivity (Wildman–Crippen MR) is 68.4 cm³/mol. The third kappa shape index (κ3) is 1.51. The van der Waals surface area contributed by atoms with E-state index >= 15 is 0 Å². The lowest BCUT2D eigenvalue weighted by atomic mass is 10.3. The van der Waals surface area contributed by atoms with Gasteiger partial charge < -0.3 is 10.3 Å². The number of thiophene rings is 1. The highest BCUT2D eigenvalue weighted by molar-refractivity contribution is 7.14. The Kier molecular flexibility index (Phi) is 2.16. The number of halogens is 1. The number of rotatable bonds is 1. The zero-order valence-electron chi connectivity index (χ0n) is 9.14. The van der Waals surface area contributed by atoms with Gasteiger partial charge in [-0.2, -0.15) is 0 Å². The van der Waals surface area contributed by atoms with Crippen molar-refractivity contribution in [2.75, 3.05) is 5.73 Å². The first-order chi connectivity index (χ1) is 8.16. The van der Waals surface area contributed by atoms with Crippen molar-refractivity contribution in [3.63, 3.8) is 0 Å². The SMILES string of the molecule is Cn1c(-c2sccc2N)nc2cc(F)ccc21. The van der Waals surface area contributed by atoms with Gasteiger partial charge in [0.1, 0.15) is 5.82 Å².